The molecule has 4 heteroatoms. The smallest absolute Gasteiger partial charge is 0.129 e. The molecule has 0 amide bonds. The van der Waals surface area contributed by atoms with Gasteiger partial charge >= 0.3 is 0 Å². The second-order valence-electron chi connectivity index (χ2n) is 6.58. The number of hydrogen-bond acceptors (Lipinski definition) is 4. The third-order valence-electron chi connectivity index (χ3n) is 4.13. The zero-order chi connectivity index (χ0) is 14.9. The van der Waals surface area contributed by atoms with Crippen molar-refractivity contribution in [2.24, 2.45) is 0 Å². The molecular weight excluding hydrogens is 268 g/mol. The van der Waals surface area contributed by atoms with Crippen LogP contribution in [0.4, 0.5) is 0 Å². The molecular formula is C17H24O4. The fourth-order valence-electron chi connectivity index (χ4n) is 3.01. The van der Waals surface area contributed by atoms with E-state index in [1.165, 1.54) is 6.42 Å². The number of hydrogen-bond donors (Lipinski definition) is 1. The minimum atomic E-state index is -0.473. The predicted molar refractivity (Wildman–Crippen MR) is 79.8 cm³/mol. The summed E-state index contributed by atoms with van der Waals surface area (Å²) in [7, 11) is 0. The van der Waals surface area contributed by atoms with Crippen LogP contribution in [0.1, 0.15) is 51.2 Å². The van der Waals surface area contributed by atoms with E-state index in [4.69, 9.17) is 14.2 Å². The number of aliphatic hydroxyl groups excluding tert-OH is 1. The fraction of sp³-hybridized carbons (Fsp3) is 0.647. The van der Waals surface area contributed by atoms with Crippen molar-refractivity contribution in [3.8, 4) is 11.5 Å². The highest BCUT2D eigenvalue weighted by Gasteiger charge is 2.32. The van der Waals surface area contributed by atoms with Gasteiger partial charge in [-0.05, 0) is 45.2 Å². The van der Waals surface area contributed by atoms with E-state index in [0.29, 0.717) is 13.0 Å². The first-order valence-electron chi connectivity index (χ1n) is 7.79. The van der Waals surface area contributed by atoms with E-state index in [-0.39, 0.29) is 11.7 Å². The molecule has 2 heterocycles. The molecule has 0 aromatic heterocycles. The van der Waals surface area contributed by atoms with E-state index in [0.717, 1.165) is 36.5 Å². The maximum Gasteiger partial charge on any atom is 0.129 e. The average molecular weight is 292 g/mol. The summed E-state index contributed by atoms with van der Waals surface area (Å²) in [6.07, 6.45) is 3.75. The maximum atomic E-state index is 10.2. The largest absolute Gasteiger partial charge is 0.491 e. The summed E-state index contributed by atoms with van der Waals surface area (Å²) in [4.78, 5) is 0. The van der Waals surface area contributed by atoms with Gasteiger partial charge < -0.3 is 19.3 Å². The van der Waals surface area contributed by atoms with Gasteiger partial charge in [-0.2, -0.15) is 0 Å². The fourth-order valence-corrected chi connectivity index (χ4v) is 3.01. The van der Waals surface area contributed by atoms with Crippen LogP contribution in [0.25, 0.3) is 0 Å². The summed E-state index contributed by atoms with van der Waals surface area (Å²) in [6.45, 7) is 5.39. The van der Waals surface area contributed by atoms with Crippen LogP contribution in [-0.2, 0) is 4.74 Å². The Bertz CT molecular complexity index is 492. The van der Waals surface area contributed by atoms with Crippen LogP contribution in [-0.4, -0.2) is 30.0 Å². The summed E-state index contributed by atoms with van der Waals surface area (Å²) < 4.78 is 17.4. The van der Waals surface area contributed by atoms with Gasteiger partial charge in [-0.15, -0.1) is 0 Å². The standard InChI is InChI=1S/C17H24O4/c1-17(2)10-15(18)14-7-6-12(9-16(14)21-17)20-11-13-5-3-4-8-19-13/h6-7,9,13,15,18H,3-5,8,10-11H2,1-2H3. The summed E-state index contributed by atoms with van der Waals surface area (Å²) >= 11 is 0. The first kappa shape index (κ1) is 14.7. The van der Waals surface area contributed by atoms with Crippen LogP contribution < -0.4 is 9.47 Å². The van der Waals surface area contributed by atoms with Crippen LogP contribution in [0, 0.1) is 0 Å². The zero-order valence-corrected chi connectivity index (χ0v) is 12.8. The number of ether oxygens (including phenoxy) is 3. The monoisotopic (exact) mass is 292 g/mol. The molecule has 1 aromatic rings. The molecule has 1 saturated heterocycles. The Hall–Kier alpha value is -1.26. The minimum absolute atomic E-state index is 0.192. The van der Waals surface area contributed by atoms with Gasteiger partial charge in [-0.1, -0.05) is 0 Å². The lowest BCUT2D eigenvalue weighted by molar-refractivity contribution is -0.0116. The molecule has 2 unspecified atom stereocenters. The quantitative estimate of drug-likeness (QED) is 0.929. The third-order valence-corrected chi connectivity index (χ3v) is 4.13. The number of rotatable bonds is 3. The van der Waals surface area contributed by atoms with Crippen molar-refractivity contribution in [2.75, 3.05) is 13.2 Å². The Morgan fingerprint density at radius 3 is 2.95 bits per heavy atom. The lowest BCUT2D eigenvalue weighted by Crippen LogP contribution is -2.34. The van der Waals surface area contributed by atoms with Gasteiger partial charge in [0.25, 0.3) is 0 Å². The molecule has 1 fully saturated rings. The number of benzene rings is 1. The Balaban J connectivity index is 1.67. The second-order valence-corrected chi connectivity index (χ2v) is 6.58. The van der Waals surface area contributed by atoms with Gasteiger partial charge in [0.2, 0.25) is 0 Å². The average Bonchev–Trinajstić information content (AvgIpc) is 2.44. The molecule has 1 aromatic carbocycles. The van der Waals surface area contributed by atoms with Crippen LogP contribution in [0.15, 0.2) is 18.2 Å². The summed E-state index contributed by atoms with van der Waals surface area (Å²) in [5.41, 5.74) is 0.493. The van der Waals surface area contributed by atoms with Crippen LogP contribution in [0.2, 0.25) is 0 Å². The van der Waals surface area contributed by atoms with Crippen molar-refractivity contribution >= 4 is 0 Å². The molecule has 0 spiro atoms. The lowest BCUT2D eigenvalue weighted by Gasteiger charge is -2.35. The van der Waals surface area contributed by atoms with Gasteiger partial charge in [0.1, 0.15) is 23.7 Å². The summed E-state index contributed by atoms with van der Waals surface area (Å²) in [5, 5.41) is 10.2. The SMILES string of the molecule is CC1(C)CC(O)c2ccc(OCC3CCCCO3)cc2O1. The summed E-state index contributed by atoms with van der Waals surface area (Å²) in [5.74, 6) is 1.49. The van der Waals surface area contributed by atoms with Crippen LogP contribution in [0.3, 0.4) is 0 Å². The Morgan fingerprint density at radius 2 is 2.19 bits per heavy atom. The van der Waals surface area contributed by atoms with Gasteiger partial charge in [-0.3, -0.25) is 0 Å². The third kappa shape index (κ3) is 3.50. The molecule has 1 N–H and O–H groups in total. The van der Waals surface area contributed by atoms with Crippen molar-refractivity contribution in [2.45, 2.75) is 57.3 Å². The topological polar surface area (TPSA) is 47.9 Å². The van der Waals surface area contributed by atoms with Gasteiger partial charge in [0, 0.05) is 24.7 Å². The Kier molecular flexibility index (Phi) is 4.09. The highest BCUT2D eigenvalue weighted by atomic mass is 16.5. The molecule has 21 heavy (non-hydrogen) atoms. The zero-order valence-electron chi connectivity index (χ0n) is 12.8. The molecule has 4 nitrogen and oxygen atoms in total. The highest BCUT2D eigenvalue weighted by Crippen LogP contribution is 2.41. The first-order chi connectivity index (χ1) is 10.0. The Labute approximate surface area is 126 Å². The Morgan fingerprint density at radius 1 is 1.33 bits per heavy atom. The first-order valence-corrected chi connectivity index (χ1v) is 7.79. The van der Waals surface area contributed by atoms with Crippen molar-refractivity contribution in [3.05, 3.63) is 23.8 Å². The lowest BCUT2D eigenvalue weighted by atomic mass is 9.92. The molecule has 3 rings (SSSR count). The normalized spacial score (nSPS) is 27.6. The molecule has 2 aliphatic heterocycles. The molecule has 2 aliphatic rings. The molecule has 2 atom stereocenters. The van der Waals surface area contributed by atoms with Gasteiger partial charge in [-0.25, -0.2) is 0 Å². The molecule has 0 bridgehead atoms. The number of fused-ring (bicyclic) bond motifs is 1. The second kappa shape index (κ2) is 5.85. The van der Waals surface area contributed by atoms with Gasteiger partial charge in [0.05, 0.1) is 12.2 Å². The molecule has 0 radical (unpaired) electrons. The van der Waals surface area contributed by atoms with E-state index in [2.05, 4.69) is 0 Å². The van der Waals surface area contributed by atoms with Crippen LogP contribution >= 0.6 is 0 Å². The highest BCUT2D eigenvalue weighted by molar-refractivity contribution is 5.43. The van der Waals surface area contributed by atoms with Crippen molar-refractivity contribution < 1.29 is 19.3 Å². The van der Waals surface area contributed by atoms with Crippen molar-refractivity contribution in [1.29, 1.82) is 0 Å². The van der Waals surface area contributed by atoms with Crippen molar-refractivity contribution in [1.82, 2.24) is 0 Å². The van der Waals surface area contributed by atoms with Gasteiger partial charge in [0.15, 0.2) is 0 Å². The predicted octanol–water partition coefficient (Wildman–Crippen LogP) is 3.23. The number of aliphatic hydroxyl groups is 1. The molecule has 0 aliphatic carbocycles. The van der Waals surface area contributed by atoms with Crippen LogP contribution in [0.5, 0.6) is 11.5 Å². The van der Waals surface area contributed by atoms with E-state index in [9.17, 15) is 5.11 Å². The summed E-state index contributed by atoms with van der Waals surface area (Å²) in [6, 6.07) is 5.67. The maximum absolute atomic E-state index is 10.2. The molecule has 0 saturated carbocycles. The molecule has 116 valence electrons. The minimum Gasteiger partial charge on any atom is -0.491 e. The van der Waals surface area contributed by atoms with E-state index in [1.807, 2.05) is 32.0 Å². The van der Waals surface area contributed by atoms with E-state index in [1.54, 1.807) is 0 Å². The van der Waals surface area contributed by atoms with E-state index >= 15 is 0 Å². The van der Waals surface area contributed by atoms with Crippen molar-refractivity contribution in [3.63, 3.8) is 0 Å². The van der Waals surface area contributed by atoms with E-state index < -0.39 is 6.10 Å².